The van der Waals surface area contributed by atoms with Crippen molar-refractivity contribution in [3.8, 4) is 0 Å². The van der Waals surface area contributed by atoms with Crippen molar-refractivity contribution in [3.63, 3.8) is 0 Å². The summed E-state index contributed by atoms with van der Waals surface area (Å²) in [4.78, 5) is 33.7. The van der Waals surface area contributed by atoms with E-state index >= 15 is 0 Å². The van der Waals surface area contributed by atoms with Crippen LogP contribution in [0.3, 0.4) is 0 Å². The maximum atomic E-state index is 12.3. The molecule has 2 aliphatic rings. The topological polar surface area (TPSA) is 63.2 Å². The molecule has 18 heavy (non-hydrogen) atoms. The number of hydrogen-bond acceptors (Lipinski definition) is 4. The summed E-state index contributed by atoms with van der Waals surface area (Å²) in [5.74, 6) is -0.598. The van der Waals surface area contributed by atoms with Gasteiger partial charge in [0, 0.05) is 12.4 Å². The van der Waals surface area contributed by atoms with Gasteiger partial charge < -0.3 is 0 Å². The smallest absolute Gasteiger partial charge is 0.240 e. The Balaban J connectivity index is 1.96. The van der Waals surface area contributed by atoms with E-state index in [1.165, 1.54) is 18.0 Å². The predicted molar refractivity (Wildman–Crippen MR) is 64.5 cm³/mol. The van der Waals surface area contributed by atoms with Gasteiger partial charge in [0.2, 0.25) is 17.8 Å². The van der Waals surface area contributed by atoms with Gasteiger partial charge in [0.1, 0.15) is 0 Å². The van der Waals surface area contributed by atoms with Crippen LogP contribution in [-0.4, -0.2) is 21.8 Å². The summed E-state index contributed by atoms with van der Waals surface area (Å²) in [6, 6.07) is 1.66. The molecular weight excluding hydrogens is 230 g/mol. The van der Waals surface area contributed by atoms with Crippen molar-refractivity contribution >= 4 is 17.8 Å². The van der Waals surface area contributed by atoms with E-state index in [4.69, 9.17) is 0 Å². The van der Waals surface area contributed by atoms with Gasteiger partial charge in [-0.2, -0.15) is 0 Å². The normalized spacial score (nSPS) is 27.2. The molecule has 2 amide bonds. The zero-order chi connectivity index (χ0) is 12.7. The molecule has 0 spiro atoms. The predicted octanol–water partition coefficient (Wildman–Crippen LogP) is 1.32. The molecule has 1 saturated heterocycles. The second-order valence-electron chi connectivity index (χ2n) is 4.76. The van der Waals surface area contributed by atoms with Crippen LogP contribution in [0, 0.1) is 11.8 Å². The van der Waals surface area contributed by atoms with Crippen molar-refractivity contribution in [2.75, 3.05) is 4.90 Å². The second-order valence-corrected chi connectivity index (χ2v) is 4.76. The lowest BCUT2D eigenvalue weighted by atomic mass is 9.82. The number of amides is 2. The summed E-state index contributed by atoms with van der Waals surface area (Å²) in [6.07, 6.45) is 6.42. The maximum Gasteiger partial charge on any atom is 0.240 e. The summed E-state index contributed by atoms with van der Waals surface area (Å²) in [5, 5.41) is 0. The lowest BCUT2D eigenvalue weighted by Gasteiger charge is -2.18. The Morgan fingerprint density at radius 1 is 1.17 bits per heavy atom. The van der Waals surface area contributed by atoms with Crippen molar-refractivity contribution in [1.82, 2.24) is 9.97 Å². The number of carbonyl (C=O) groups excluding carboxylic acids is 2. The lowest BCUT2D eigenvalue weighted by Crippen LogP contribution is -2.32. The minimum absolute atomic E-state index is 0.163. The number of hydrogen-bond donors (Lipinski definition) is 0. The summed E-state index contributed by atoms with van der Waals surface area (Å²) >= 11 is 0. The molecule has 0 aromatic carbocycles. The van der Waals surface area contributed by atoms with Gasteiger partial charge in [-0.15, -0.1) is 0 Å². The molecule has 5 nitrogen and oxygen atoms in total. The number of rotatable bonds is 1. The van der Waals surface area contributed by atoms with Gasteiger partial charge in [0.15, 0.2) is 0 Å². The van der Waals surface area contributed by atoms with Crippen molar-refractivity contribution in [3.05, 3.63) is 30.1 Å². The van der Waals surface area contributed by atoms with Crippen molar-refractivity contribution in [2.24, 2.45) is 11.8 Å². The Bertz CT molecular complexity index is 538. The summed E-state index contributed by atoms with van der Waals surface area (Å²) < 4.78 is 0. The summed E-state index contributed by atoms with van der Waals surface area (Å²) in [7, 11) is 0. The molecule has 2 atom stereocenters. The Morgan fingerprint density at radius 2 is 1.83 bits per heavy atom. The van der Waals surface area contributed by atoms with Gasteiger partial charge in [-0.05, 0) is 25.8 Å². The molecule has 92 valence electrons. The van der Waals surface area contributed by atoms with Gasteiger partial charge in [-0.1, -0.05) is 11.6 Å². The van der Waals surface area contributed by atoms with Gasteiger partial charge in [-0.25, -0.2) is 14.9 Å². The minimum atomic E-state index is -0.231. The third-order valence-electron chi connectivity index (χ3n) is 3.58. The quantitative estimate of drug-likeness (QED) is 0.551. The number of nitrogens with zero attached hydrogens (tertiary/aromatic N) is 3. The number of carbonyl (C=O) groups is 2. The molecule has 1 aromatic heterocycles. The van der Waals surface area contributed by atoms with E-state index in [0.717, 1.165) is 4.90 Å². The average molecular weight is 243 g/mol. The maximum absolute atomic E-state index is 12.3. The Hall–Kier alpha value is -2.04. The van der Waals surface area contributed by atoms with E-state index in [1.54, 1.807) is 6.07 Å². The van der Waals surface area contributed by atoms with Crippen LogP contribution in [0.2, 0.25) is 0 Å². The van der Waals surface area contributed by atoms with E-state index < -0.39 is 0 Å². The molecule has 0 bridgehead atoms. The first-order chi connectivity index (χ1) is 8.68. The Kier molecular flexibility index (Phi) is 2.47. The van der Waals surface area contributed by atoms with Crippen LogP contribution in [0.1, 0.15) is 19.8 Å². The van der Waals surface area contributed by atoms with Crippen LogP contribution in [0.4, 0.5) is 5.95 Å². The highest BCUT2D eigenvalue weighted by atomic mass is 16.2. The largest absolute Gasteiger partial charge is 0.274 e. The van der Waals surface area contributed by atoms with Crippen molar-refractivity contribution < 1.29 is 9.59 Å². The third kappa shape index (κ3) is 1.54. The monoisotopic (exact) mass is 243 g/mol. The fraction of sp³-hybridized carbons (Fsp3) is 0.385. The molecule has 1 aliphatic heterocycles. The van der Waals surface area contributed by atoms with E-state index in [0.29, 0.717) is 12.8 Å². The average Bonchev–Trinajstić information content (AvgIpc) is 2.63. The molecule has 0 radical (unpaired) electrons. The minimum Gasteiger partial charge on any atom is -0.274 e. The van der Waals surface area contributed by atoms with Crippen LogP contribution < -0.4 is 4.90 Å². The van der Waals surface area contributed by atoms with E-state index in [9.17, 15) is 9.59 Å². The van der Waals surface area contributed by atoms with Crippen molar-refractivity contribution in [1.29, 1.82) is 0 Å². The Labute approximate surface area is 105 Å². The highest BCUT2D eigenvalue weighted by Crippen LogP contribution is 2.38. The molecular formula is C13H13N3O2. The van der Waals surface area contributed by atoms with Crippen LogP contribution in [0.15, 0.2) is 30.1 Å². The fourth-order valence-corrected chi connectivity index (χ4v) is 2.64. The van der Waals surface area contributed by atoms with E-state index in [2.05, 4.69) is 9.97 Å². The fourth-order valence-electron chi connectivity index (χ4n) is 2.64. The van der Waals surface area contributed by atoms with Crippen LogP contribution >= 0.6 is 0 Å². The molecule has 0 saturated carbocycles. The first kappa shape index (κ1) is 11.1. The molecule has 1 fully saturated rings. The van der Waals surface area contributed by atoms with E-state index in [1.807, 2.05) is 13.0 Å². The molecule has 5 heteroatoms. The van der Waals surface area contributed by atoms with E-state index in [-0.39, 0.29) is 29.6 Å². The number of aromatic nitrogens is 2. The number of fused-ring (bicyclic) bond motifs is 1. The number of anilines is 1. The molecule has 0 N–H and O–H groups in total. The molecule has 2 heterocycles. The first-order valence-electron chi connectivity index (χ1n) is 5.99. The third-order valence-corrected chi connectivity index (χ3v) is 3.58. The van der Waals surface area contributed by atoms with Crippen LogP contribution in [-0.2, 0) is 9.59 Å². The highest BCUT2D eigenvalue weighted by Gasteiger charge is 2.49. The Morgan fingerprint density at radius 3 is 2.56 bits per heavy atom. The van der Waals surface area contributed by atoms with Gasteiger partial charge in [-0.3, -0.25) is 9.59 Å². The number of imide groups is 1. The summed E-state index contributed by atoms with van der Waals surface area (Å²) in [6.45, 7) is 2.00. The highest BCUT2D eigenvalue weighted by molar-refractivity contribution is 6.21. The zero-order valence-electron chi connectivity index (χ0n) is 10.0. The molecule has 3 rings (SSSR count). The molecule has 1 aromatic rings. The number of allylic oxidation sites excluding steroid dienone is 2. The lowest BCUT2D eigenvalue weighted by molar-refractivity contribution is -0.122. The van der Waals surface area contributed by atoms with Gasteiger partial charge >= 0.3 is 0 Å². The molecule has 0 unspecified atom stereocenters. The van der Waals surface area contributed by atoms with Gasteiger partial charge in [0.25, 0.3) is 0 Å². The van der Waals surface area contributed by atoms with Crippen molar-refractivity contribution in [2.45, 2.75) is 19.8 Å². The van der Waals surface area contributed by atoms with Gasteiger partial charge in [0.05, 0.1) is 11.8 Å². The zero-order valence-corrected chi connectivity index (χ0v) is 10.0. The first-order valence-corrected chi connectivity index (χ1v) is 5.99. The standard InChI is InChI=1S/C13H13N3O2/c1-8-3-4-9-10(7-8)12(18)16(11(9)17)13-14-5-2-6-15-13/h2-3,5-6,9-10H,4,7H2,1H3/t9-,10+/m0/s1. The summed E-state index contributed by atoms with van der Waals surface area (Å²) in [5.41, 5.74) is 1.17. The second kappa shape index (κ2) is 4.01. The molecule has 1 aliphatic carbocycles. The van der Waals surface area contributed by atoms with Crippen LogP contribution in [0.25, 0.3) is 0 Å². The van der Waals surface area contributed by atoms with Crippen LogP contribution in [0.5, 0.6) is 0 Å². The SMILES string of the molecule is CC1=CC[C@@H]2C(=O)N(c3ncccn3)C(=O)[C@@H]2C1.